The molecule has 1 aliphatic rings. The first kappa shape index (κ1) is 17.2. The van der Waals surface area contributed by atoms with E-state index in [0.29, 0.717) is 12.6 Å². The van der Waals surface area contributed by atoms with E-state index in [0.717, 1.165) is 42.6 Å². The summed E-state index contributed by atoms with van der Waals surface area (Å²) in [5.74, 6) is 0.894. The first-order chi connectivity index (χ1) is 10.3. The van der Waals surface area contributed by atoms with Crippen molar-refractivity contribution in [3.8, 4) is 5.75 Å². The van der Waals surface area contributed by atoms with Crippen LogP contribution in [0.3, 0.4) is 0 Å². The minimum absolute atomic E-state index is 0. The number of halogens is 1. The maximum Gasteiger partial charge on any atom is 0.140 e. The Labute approximate surface area is 141 Å². The number of nitrogens with zero attached hydrogens (tertiary/aromatic N) is 2. The van der Waals surface area contributed by atoms with Crippen molar-refractivity contribution in [2.75, 3.05) is 19.6 Å². The third-order valence-corrected chi connectivity index (χ3v) is 4.41. The lowest BCUT2D eigenvalue weighted by atomic mass is 10.2. The molecule has 1 aliphatic heterocycles. The van der Waals surface area contributed by atoms with Crippen LogP contribution in [-0.4, -0.2) is 35.6 Å². The minimum Gasteiger partial charge on any atom is -0.486 e. The predicted molar refractivity (Wildman–Crippen MR) is 92.9 cm³/mol. The van der Waals surface area contributed by atoms with Crippen LogP contribution in [0.1, 0.15) is 17.6 Å². The van der Waals surface area contributed by atoms with Gasteiger partial charge >= 0.3 is 0 Å². The van der Waals surface area contributed by atoms with E-state index < -0.39 is 0 Å². The van der Waals surface area contributed by atoms with Gasteiger partial charge in [0, 0.05) is 37.6 Å². The van der Waals surface area contributed by atoms with Gasteiger partial charge in [-0.25, -0.2) is 4.98 Å². The Morgan fingerprint density at radius 2 is 2.18 bits per heavy atom. The van der Waals surface area contributed by atoms with Crippen LogP contribution in [0.25, 0.3) is 0 Å². The fraction of sp³-hybridized carbons (Fsp3) is 0.438. The van der Waals surface area contributed by atoms with Crippen LogP contribution >= 0.6 is 23.7 Å². The highest BCUT2D eigenvalue weighted by Gasteiger charge is 2.16. The number of ether oxygens (including phenoxy) is 1. The second-order valence-electron chi connectivity index (χ2n) is 5.42. The van der Waals surface area contributed by atoms with Gasteiger partial charge in [-0.1, -0.05) is 18.2 Å². The second-order valence-corrected chi connectivity index (χ2v) is 6.37. The second kappa shape index (κ2) is 8.48. The van der Waals surface area contributed by atoms with E-state index in [4.69, 9.17) is 4.74 Å². The van der Waals surface area contributed by atoms with Crippen molar-refractivity contribution in [2.24, 2.45) is 0 Å². The van der Waals surface area contributed by atoms with Crippen molar-refractivity contribution < 1.29 is 4.74 Å². The van der Waals surface area contributed by atoms with E-state index >= 15 is 0 Å². The molecule has 0 unspecified atom stereocenters. The quantitative estimate of drug-likeness (QED) is 0.908. The largest absolute Gasteiger partial charge is 0.486 e. The summed E-state index contributed by atoms with van der Waals surface area (Å²) in [6.07, 6.45) is 0. The van der Waals surface area contributed by atoms with Gasteiger partial charge < -0.3 is 10.1 Å². The summed E-state index contributed by atoms with van der Waals surface area (Å²) >= 11 is 1.68. The summed E-state index contributed by atoms with van der Waals surface area (Å²) in [7, 11) is 0. The zero-order valence-electron chi connectivity index (χ0n) is 12.7. The van der Waals surface area contributed by atoms with Crippen molar-refractivity contribution in [1.82, 2.24) is 15.2 Å². The molecule has 0 bridgehead atoms. The molecule has 0 spiro atoms. The number of rotatable bonds is 5. The Bertz CT molecular complexity index is 564. The lowest BCUT2D eigenvalue weighted by molar-refractivity contribution is 0.197. The molecule has 1 N–H and O–H groups in total. The van der Waals surface area contributed by atoms with E-state index in [1.807, 2.05) is 30.3 Å². The van der Waals surface area contributed by atoms with E-state index in [9.17, 15) is 0 Å². The molecule has 1 fully saturated rings. The molecule has 0 radical (unpaired) electrons. The highest BCUT2D eigenvalue weighted by atomic mass is 35.5. The van der Waals surface area contributed by atoms with Crippen LogP contribution in [0, 0.1) is 0 Å². The predicted octanol–water partition coefficient (Wildman–Crippen LogP) is 2.94. The lowest BCUT2D eigenvalue weighted by Gasteiger charge is -2.31. The molecule has 1 aromatic heterocycles. The van der Waals surface area contributed by atoms with Gasteiger partial charge in [0.2, 0.25) is 0 Å². The molecule has 120 valence electrons. The number of piperazine rings is 1. The smallest absolute Gasteiger partial charge is 0.140 e. The Kier molecular flexibility index (Phi) is 6.64. The van der Waals surface area contributed by atoms with Crippen LogP contribution in [-0.2, 0) is 13.2 Å². The highest BCUT2D eigenvalue weighted by molar-refractivity contribution is 7.09. The number of hydrogen-bond acceptors (Lipinski definition) is 5. The molecular formula is C16H22ClN3OS. The average molecular weight is 340 g/mol. The molecule has 22 heavy (non-hydrogen) atoms. The van der Waals surface area contributed by atoms with E-state index in [1.165, 1.54) is 0 Å². The van der Waals surface area contributed by atoms with E-state index in [2.05, 4.69) is 27.5 Å². The number of thiazole rings is 1. The van der Waals surface area contributed by atoms with Crippen molar-refractivity contribution in [2.45, 2.75) is 26.1 Å². The van der Waals surface area contributed by atoms with Gasteiger partial charge in [0.25, 0.3) is 0 Å². The van der Waals surface area contributed by atoms with Crippen molar-refractivity contribution >= 4 is 23.7 Å². The van der Waals surface area contributed by atoms with Crippen LogP contribution in [0.4, 0.5) is 0 Å². The third-order valence-electron chi connectivity index (χ3n) is 3.54. The van der Waals surface area contributed by atoms with Gasteiger partial charge in [0.1, 0.15) is 17.4 Å². The van der Waals surface area contributed by atoms with Gasteiger partial charge in [-0.15, -0.1) is 23.7 Å². The standard InChI is InChI=1S/C16H21N3OS.ClH/c1-13-9-19(8-7-17-13)10-14-12-21-16(18-14)11-20-15-5-3-2-4-6-15;/h2-6,12-13,17H,7-11H2,1H3;1H/t13-;/m1./s1. The molecule has 0 aliphatic carbocycles. The molecule has 6 heteroatoms. The van der Waals surface area contributed by atoms with Crippen molar-refractivity contribution in [3.05, 3.63) is 46.4 Å². The van der Waals surface area contributed by atoms with Crippen LogP contribution in [0.15, 0.2) is 35.7 Å². The summed E-state index contributed by atoms with van der Waals surface area (Å²) in [5, 5.41) is 6.65. The number of para-hydroxylation sites is 1. The molecule has 1 saturated heterocycles. The number of benzene rings is 1. The normalized spacial score (nSPS) is 18.7. The Hall–Kier alpha value is -1.14. The number of hydrogen-bond donors (Lipinski definition) is 1. The van der Waals surface area contributed by atoms with Crippen LogP contribution in [0.2, 0.25) is 0 Å². The molecule has 2 aromatic rings. The summed E-state index contributed by atoms with van der Waals surface area (Å²) in [5.41, 5.74) is 1.15. The molecule has 0 amide bonds. The van der Waals surface area contributed by atoms with Crippen LogP contribution in [0.5, 0.6) is 5.75 Å². The van der Waals surface area contributed by atoms with E-state index in [-0.39, 0.29) is 12.4 Å². The van der Waals surface area contributed by atoms with Crippen LogP contribution < -0.4 is 10.1 Å². The zero-order chi connectivity index (χ0) is 14.5. The Morgan fingerprint density at radius 1 is 1.36 bits per heavy atom. The highest BCUT2D eigenvalue weighted by Crippen LogP contribution is 2.16. The fourth-order valence-electron chi connectivity index (χ4n) is 2.53. The van der Waals surface area contributed by atoms with Gasteiger partial charge in [-0.3, -0.25) is 4.90 Å². The van der Waals surface area contributed by atoms with E-state index in [1.54, 1.807) is 11.3 Å². The SMILES string of the molecule is C[C@@H]1CN(Cc2csc(COc3ccccc3)n2)CCN1.Cl. The third kappa shape index (κ3) is 4.95. The molecule has 3 rings (SSSR count). The zero-order valence-corrected chi connectivity index (χ0v) is 14.3. The molecule has 1 aromatic carbocycles. The maximum atomic E-state index is 5.74. The minimum atomic E-state index is 0. The van der Waals surface area contributed by atoms with Gasteiger partial charge in [0.15, 0.2) is 0 Å². The number of nitrogens with one attached hydrogen (secondary N) is 1. The first-order valence-corrected chi connectivity index (χ1v) is 8.24. The molecule has 0 saturated carbocycles. The van der Waals surface area contributed by atoms with Crippen molar-refractivity contribution in [3.63, 3.8) is 0 Å². The summed E-state index contributed by atoms with van der Waals surface area (Å²) in [6, 6.07) is 10.5. The van der Waals surface area contributed by atoms with Gasteiger partial charge in [-0.05, 0) is 19.1 Å². The van der Waals surface area contributed by atoms with Gasteiger partial charge in [0.05, 0.1) is 5.69 Å². The number of aromatic nitrogens is 1. The Balaban J connectivity index is 0.00000176. The monoisotopic (exact) mass is 339 g/mol. The maximum absolute atomic E-state index is 5.74. The van der Waals surface area contributed by atoms with Gasteiger partial charge in [-0.2, -0.15) is 0 Å². The molecule has 4 nitrogen and oxygen atoms in total. The summed E-state index contributed by atoms with van der Waals surface area (Å²) in [6.45, 7) is 6.97. The average Bonchev–Trinajstić information content (AvgIpc) is 2.94. The molecular weight excluding hydrogens is 318 g/mol. The summed E-state index contributed by atoms with van der Waals surface area (Å²) in [4.78, 5) is 7.13. The first-order valence-electron chi connectivity index (χ1n) is 7.36. The van der Waals surface area contributed by atoms with Crippen molar-refractivity contribution in [1.29, 1.82) is 0 Å². The summed E-state index contributed by atoms with van der Waals surface area (Å²) < 4.78 is 5.74. The fourth-order valence-corrected chi connectivity index (χ4v) is 3.23. The Morgan fingerprint density at radius 3 is 2.95 bits per heavy atom. The topological polar surface area (TPSA) is 37.4 Å². The molecule has 1 atom stereocenters. The lowest BCUT2D eigenvalue weighted by Crippen LogP contribution is -2.48. The molecule has 2 heterocycles.